The van der Waals surface area contributed by atoms with Gasteiger partial charge in [0.2, 0.25) is 10.0 Å². The van der Waals surface area contributed by atoms with E-state index in [0.717, 1.165) is 25.4 Å². The minimum atomic E-state index is -3.73. The Balaban J connectivity index is 1.34. The first-order chi connectivity index (χ1) is 15.8. The molecule has 2 aromatic carbocycles. The lowest BCUT2D eigenvalue weighted by Gasteiger charge is -2.16. The zero-order valence-electron chi connectivity index (χ0n) is 17.6. The molecule has 1 amide bonds. The standard InChI is InChI=1S/C22H18N4O4S3/c1-13-23-17-9-10-18-20(19(17)31-13)32-22(24-18)25-21(27)14-5-7-16(8-6-14)33(28,29)26(2)12-15-4-3-11-30-15/h3-11H,12H2,1-2H3,(H,24,25,27). The number of carbonyl (C=O) groups excluding carboxylic acids is 1. The number of aryl methyl sites for hydroxylation is 1. The number of furan rings is 1. The molecule has 3 aromatic heterocycles. The van der Waals surface area contributed by atoms with Gasteiger partial charge < -0.3 is 4.42 Å². The van der Waals surface area contributed by atoms with Gasteiger partial charge in [-0.1, -0.05) is 11.3 Å². The number of nitrogens with zero attached hydrogens (tertiary/aromatic N) is 3. The summed E-state index contributed by atoms with van der Waals surface area (Å²) in [7, 11) is -2.25. The number of nitrogens with one attached hydrogen (secondary N) is 1. The third-order valence-corrected chi connectivity index (χ3v) is 8.98. The summed E-state index contributed by atoms with van der Waals surface area (Å²) in [5, 5.41) is 4.26. The van der Waals surface area contributed by atoms with Crippen LogP contribution in [0, 0.1) is 6.92 Å². The lowest BCUT2D eigenvalue weighted by atomic mass is 10.2. The van der Waals surface area contributed by atoms with Gasteiger partial charge in [0.05, 0.1) is 43.1 Å². The number of fused-ring (bicyclic) bond motifs is 3. The van der Waals surface area contributed by atoms with E-state index in [9.17, 15) is 13.2 Å². The fourth-order valence-corrected chi connectivity index (χ4v) is 6.51. The highest BCUT2D eigenvalue weighted by molar-refractivity contribution is 7.89. The smallest absolute Gasteiger partial charge is 0.257 e. The molecule has 0 fully saturated rings. The number of sulfonamides is 1. The molecule has 168 valence electrons. The van der Waals surface area contributed by atoms with Crippen LogP contribution in [0.3, 0.4) is 0 Å². The largest absolute Gasteiger partial charge is 0.468 e. The lowest BCUT2D eigenvalue weighted by Crippen LogP contribution is -2.26. The van der Waals surface area contributed by atoms with Gasteiger partial charge in [-0.3, -0.25) is 10.1 Å². The van der Waals surface area contributed by atoms with Crippen LogP contribution < -0.4 is 5.32 Å². The molecule has 0 aliphatic rings. The second-order valence-electron chi connectivity index (χ2n) is 7.33. The van der Waals surface area contributed by atoms with Crippen LogP contribution in [0.25, 0.3) is 20.4 Å². The van der Waals surface area contributed by atoms with Gasteiger partial charge in [0.1, 0.15) is 5.76 Å². The average molecular weight is 499 g/mol. The van der Waals surface area contributed by atoms with Crippen molar-refractivity contribution in [3.8, 4) is 0 Å². The number of aromatic nitrogens is 2. The maximum absolute atomic E-state index is 12.8. The second kappa shape index (κ2) is 8.34. The number of amides is 1. The summed E-state index contributed by atoms with van der Waals surface area (Å²) in [5.41, 5.74) is 2.05. The number of benzene rings is 2. The normalized spacial score (nSPS) is 12.1. The number of rotatable bonds is 6. The van der Waals surface area contributed by atoms with E-state index in [2.05, 4.69) is 15.3 Å². The van der Waals surface area contributed by atoms with Crippen molar-refractivity contribution in [2.75, 3.05) is 12.4 Å². The number of hydrogen-bond acceptors (Lipinski definition) is 8. The Morgan fingerprint density at radius 2 is 1.73 bits per heavy atom. The summed E-state index contributed by atoms with van der Waals surface area (Å²) in [6, 6.07) is 13.0. The molecule has 11 heteroatoms. The third kappa shape index (κ3) is 4.15. The molecule has 0 unspecified atom stereocenters. The summed E-state index contributed by atoms with van der Waals surface area (Å²) in [5.74, 6) is 0.178. The monoisotopic (exact) mass is 498 g/mol. The van der Waals surface area contributed by atoms with Gasteiger partial charge >= 0.3 is 0 Å². The van der Waals surface area contributed by atoms with Crippen LogP contribution in [0.2, 0.25) is 0 Å². The minimum Gasteiger partial charge on any atom is -0.468 e. The molecule has 5 aromatic rings. The SMILES string of the molecule is Cc1nc2ccc3nc(NC(=O)c4ccc(S(=O)(=O)N(C)Cc5ccco5)cc4)sc3c2s1. The van der Waals surface area contributed by atoms with E-state index in [0.29, 0.717) is 16.5 Å². The van der Waals surface area contributed by atoms with Crippen molar-refractivity contribution in [3.05, 3.63) is 71.1 Å². The molecule has 0 bridgehead atoms. The molecule has 33 heavy (non-hydrogen) atoms. The molecule has 0 aliphatic heterocycles. The number of carbonyl (C=O) groups is 1. The highest BCUT2D eigenvalue weighted by atomic mass is 32.2. The highest BCUT2D eigenvalue weighted by Crippen LogP contribution is 2.35. The van der Waals surface area contributed by atoms with Crippen LogP contribution in [-0.2, 0) is 16.6 Å². The first kappa shape index (κ1) is 21.7. The minimum absolute atomic E-state index is 0.0936. The van der Waals surface area contributed by atoms with E-state index in [1.807, 2.05) is 19.1 Å². The number of hydrogen-bond donors (Lipinski definition) is 1. The van der Waals surface area contributed by atoms with Crippen molar-refractivity contribution in [1.82, 2.24) is 14.3 Å². The first-order valence-electron chi connectivity index (χ1n) is 9.88. The third-order valence-electron chi connectivity index (χ3n) is 5.02. The van der Waals surface area contributed by atoms with Gasteiger partial charge in [-0.05, 0) is 55.5 Å². The van der Waals surface area contributed by atoms with Crippen LogP contribution in [0.1, 0.15) is 21.1 Å². The molecule has 3 heterocycles. The summed E-state index contributed by atoms with van der Waals surface area (Å²) in [6.45, 7) is 2.07. The Bertz CT molecular complexity index is 1570. The number of anilines is 1. The Morgan fingerprint density at radius 1 is 1.03 bits per heavy atom. The summed E-state index contributed by atoms with van der Waals surface area (Å²) >= 11 is 2.99. The number of thiazole rings is 2. The van der Waals surface area contributed by atoms with Crippen LogP contribution in [0.15, 0.2) is 64.1 Å². The molecule has 0 saturated carbocycles. The molecule has 0 spiro atoms. The van der Waals surface area contributed by atoms with Gasteiger partial charge in [-0.15, -0.1) is 11.3 Å². The van der Waals surface area contributed by atoms with Crippen LogP contribution in [-0.4, -0.2) is 35.6 Å². The quantitative estimate of drug-likeness (QED) is 0.358. The van der Waals surface area contributed by atoms with Gasteiger partial charge in [0, 0.05) is 12.6 Å². The molecule has 0 aliphatic carbocycles. The highest BCUT2D eigenvalue weighted by Gasteiger charge is 2.22. The molecule has 8 nitrogen and oxygen atoms in total. The fraction of sp³-hybridized carbons (Fsp3) is 0.136. The van der Waals surface area contributed by atoms with Gasteiger partial charge in [-0.2, -0.15) is 4.31 Å². The van der Waals surface area contributed by atoms with Crippen LogP contribution >= 0.6 is 22.7 Å². The molecule has 0 atom stereocenters. The van der Waals surface area contributed by atoms with Crippen molar-refractivity contribution >= 4 is 64.2 Å². The van der Waals surface area contributed by atoms with Crippen molar-refractivity contribution in [3.63, 3.8) is 0 Å². The predicted octanol–water partition coefficient (Wildman–Crippen LogP) is 4.88. The maximum Gasteiger partial charge on any atom is 0.257 e. The van der Waals surface area contributed by atoms with Crippen LogP contribution in [0.5, 0.6) is 0 Å². The van der Waals surface area contributed by atoms with Crippen molar-refractivity contribution in [2.45, 2.75) is 18.4 Å². The molecular weight excluding hydrogens is 480 g/mol. The Labute approximate surface area is 197 Å². The maximum atomic E-state index is 12.8. The molecule has 5 rings (SSSR count). The second-order valence-corrected chi connectivity index (χ2v) is 11.6. The lowest BCUT2D eigenvalue weighted by molar-refractivity contribution is 0.102. The van der Waals surface area contributed by atoms with Gasteiger partial charge in [0.25, 0.3) is 5.91 Å². The van der Waals surface area contributed by atoms with Crippen molar-refractivity contribution in [2.24, 2.45) is 0 Å². The van der Waals surface area contributed by atoms with Crippen LogP contribution in [0.4, 0.5) is 5.13 Å². The topological polar surface area (TPSA) is 105 Å². The van der Waals surface area contributed by atoms with Gasteiger partial charge in [-0.25, -0.2) is 18.4 Å². The van der Waals surface area contributed by atoms with Gasteiger partial charge in [0.15, 0.2) is 5.13 Å². The summed E-state index contributed by atoms with van der Waals surface area (Å²) < 4.78 is 34.1. The van der Waals surface area contributed by atoms with E-state index in [4.69, 9.17) is 4.42 Å². The van der Waals surface area contributed by atoms with E-state index in [1.54, 1.807) is 23.5 Å². The zero-order valence-corrected chi connectivity index (χ0v) is 20.1. The Kier molecular flexibility index (Phi) is 5.49. The molecule has 0 radical (unpaired) electrons. The molecule has 0 saturated heterocycles. The first-order valence-corrected chi connectivity index (χ1v) is 13.0. The van der Waals surface area contributed by atoms with E-state index < -0.39 is 10.0 Å². The average Bonchev–Trinajstić information content (AvgIpc) is 3.52. The zero-order chi connectivity index (χ0) is 23.2. The van der Waals surface area contributed by atoms with E-state index >= 15 is 0 Å². The Morgan fingerprint density at radius 3 is 2.42 bits per heavy atom. The van der Waals surface area contributed by atoms with Crippen molar-refractivity contribution in [1.29, 1.82) is 0 Å². The molecular formula is C22H18N4O4S3. The predicted molar refractivity (Wildman–Crippen MR) is 129 cm³/mol. The molecule has 1 N–H and O–H groups in total. The summed E-state index contributed by atoms with van der Waals surface area (Å²) in [6.07, 6.45) is 1.50. The Hall–Kier alpha value is -3.12. The fourth-order valence-electron chi connectivity index (χ4n) is 3.37. The summed E-state index contributed by atoms with van der Waals surface area (Å²) in [4.78, 5) is 21.8. The van der Waals surface area contributed by atoms with E-state index in [-0.39, 0.29) is 17.3 Å². The van der Waals surface area contributed by atoms with E-state index in [1.165, 1.54) is 53.2 Å². The van der Waals surface area contributed by atoms with Crippen molar-refractivity contribution < 1.29 is 17.6 Å².